The summed E-state index contributed by atoms with van der Waals surface area (Å²) in [7, 11) is -1.72. The summed E-state index contributed by atoms with van der Waals surface area (Å²) in [4.78, 5) is 2.10. The molecule has 0 aromatic rings. The Morgan fingerprint density at radius 1 is 1.22 bits per heavy atom. The standard InChI is InChI=1S/C11H25N3O3S/c1-11(2)12(3)18(16,17)14-6-4-5-13(7-8-14)9-10-15/h11,15H,4-10H2,1-3H3. The van der Waals surface area contributed by atoms with Gasteiger partial charge in [0.15, 0.2) is 0 Å². The van der Waals surface area contributed by atoms with Gasteiger partial charge in [-0.2, -0.15) is 17.0 Å². The summed E-state index contributed by atoms with van der Waals surface area (Å²) in [6, 6.07) is -0.0354. The molecule has 1 aliphatic heterocycles. The number of hydrogen-bond donors (Lipinski definition) is 1. The highest BCUT2D eigenvalue weighted by Gasteiger charge is 2.29. The van der Waals surface area contributed by atoms with E-state index in [4.69, 9.17) is 5.11 Å². The first-order valence-corrected chi connectivity index (χ1v) is 7.85. The molecule has 1 heterocycles. The zero-order valence-corrected chi connectivity index (χ0v) is 12.4. The van der Waals surface area contributed by atoms with E-state index < -0.39 is 10.2 Å². The first-order chi connectivity index (χ1) is 8.39. The molecule has 0 unspecified atom stereocenters. The molecule has 1 fully saturated rings. The van der Waals surface area contributed by atoms with Crippen LogP contribution in [0.2, 0.25) is 0 Å². The lowest BCUT2D eigenvalue weighted by Gasteiger charge is -2.28. The van der Waals surface area contributed by atoms with Crippen molar-refractivity contribution in [2.24, 2.45) is 0 Å². The van der Waals surface area contributed by atoms with Crippen LogP contribution in [0.15, 0.2) is 0 Å². The van der Waals surface area contributed by atoms with Crippen LogP contribution in [0, 0.1) is 0 Å². The van der Waals surface area contributed by atoms with E-state index in [0.29, 0.717) is 26.2 Å². The van der Waals surface area contributed by atoms with Gasteiger partial charge < -0.3 is 5.11 Å². The Balaban J connectivity index is 2.67. The van der Waals surface area contributed by atoms with E-state index in [9.17, 15) is 8.42 Å². The minimum Gasteiger partial charge on any atom is -0.395 e. The Labute approximate surface area is 110 Å². The Morgan fingerprint density at radius 2 is 1.89 bits per heavy atom. The van der Waals surface area contributed by atoms with Crippen molar-refractivity contribution in [2.75, 3.05) is 46.4 Å². The monoisotopic (exact) mass is 279 g/mol. The highest BCUT2D eigenvalue weighted by Crippen LogP contribution is 2.13. The van der Waals surface area contributed by atoms with Gasteiger partial charge in [-0.3, -0.25) is 4.90 Å². The van der Waals surface area contributed by atoms with E-state index in [1.54, 1.807) is 11.4 Å². The molecule has 1 aliphatic rings. The Bertz CT molecular complexity index is 345. The van der Waals surface area contributed by atoms with E-state index >= 15 is 0 Å². The van der Waals surface area contributed by atoms with Crippen molar-refractivity contribution in [3.05, 3.63) is 0 Å². The molecule has 0 radical (unpaired) electrons. The maximum absolute atomic E-state index is 12.3. The van der Waals surface area contributed by atoms with Crippen molar-refractivity contribution in [2.45, 2.75) is 26.3 Å². The number of β-amino-alcohol motifs (C(OH)–C–C–N with tert-alkyl or cyclic N) is 1. The van der Waals surface area contributed by atoms with Gasteiger partial charge in [-0.15, -0.1) is 0 Å². The summed E-state index contributed by atoms with van der Waals surface area (Å²) in [5, 5.41) is 8.92. The molecule has 0 aromatic heterocycles. The van der Waals surface area contributed by atoms with Crippen LogP contribution >= 0.6 is 0 Å². The van der Waals surface area contributed by atoms with Crippen LogP contribution in [0.25, 0.3) is 0 Å². The molecule has 7 heteroatoms. The lowest BCUT2D eigenvalue weighted by atomic mass is 10.4. The van der Waals surface area contributed by atoms with E-state index in [0.717, 1.165) is 13.0 Å². The second-order valence-corrected chi connectivity index (χ2v) is 6.92. The van der Waals surface area contributed by atoms with Gasteiger partial charge in [0, 0.05) is 39.3 Å². The van der Waals surface area contributed by atoms with Gasteiger partial charge in [-0.05, 0) is 26.8 Å². The van der Waals surface area contributed by atoms with Crippen molar-refractivity contribution >= 4 is 10.2 Å². The Kier molecular flexibility index (Phi) is 6.00. The maximum atomic E-state index is 12.3. The van der Waals surface area contributed by atoms with Gasteiger partial charge in [-0.25, -0.2) is 0 Å². The highest BCUT2D eigenvalue weighted by molar-refractivity contribution is 7.86. The SMILES string of the molecule is CC(C)N(C)S(=O)(=O)N1CCCN(CCO)CC1. The summed E-state index contributed by atoms with van der Waals surface area (Å²) < 4.78 is 27.6. The average molecular weight is 279 g/mol. The molecule has 0 amide bonds. The highest BCUT2D eigenvalue weighted by atomic mass is 32.2. The predicted octanol–water partition coefficient (Wildman–Crippen LogP) is -0.429. The molecule has 0 aromatic carbocycles. The molecule has 0 atom stereocenters. The van der Waals surface area contributed by atoms with Crippen LogP contribution in [0.1, 0.15) is 20.3 Å². The zero-order valence-electron chi connectivity index (χ0n) is 11.5. The molecule has 0 saturated carbocycles. The van der Waals surface area contributed by atoms with E-state index in [1.807, 2.05) is 13.8 Å². The van der Waals surface area contributed by atoms with Crippen molar-refractivity contribution in [1.29, 1.82) is 0 Å². The largest absolute Gasteiger partial charge is 0.395 e. The topological polar surface area (TPSA) is 64.1 Å². The van der Waals surface area contributed by atoms with Crippen LogP contribution in [0.5, 0.6) is 0 Å². The summed E-state index contributed by atoms with van der Waals surface area (Å²) in [6.07, 6.45) is 0.811. The maximum Gasteiger partial charge on any atom is 0.282 e. The van der Waals surface area contributed by atoms with Crippen LogP contribution < -0.4 is 0 Å². The van der Waals surface area contributed by atoms with Crippen molar-refractivity contribution < 1.29 is 13.5 Å². The second kappa shape index (κ2) is 6.81. The summed E-state index contributed by atoms with van der Waals surface area (Å²) >= 11 is 0. The van der Waals surface area contributed by atoms with Gasteiger partial charge in [0.2, 0.25) is 0 Å². The smallest absolute Gasteiger partial charge is 0.282 e. The van der Waals surface area contributed by atoms with Gasteiger partial charge in [0.25, 0.3) is 10.2 Å². The summed E-state index contributed by atoms with van der Waals surface area (Å²) in [5.74, 6) is 0. The Hall–Kier alpha value is -0.210. The van der Waals surface area contributed by atoms with E-state index in [2.05, 4.69) is 4.90 Å². The van der Waals surface area contributed by atoms with Crippen LogP contribution in [-0.2, 0) is 10.2 Å². The van der Waals surface area contributed by atoms with Crippen molar-refractivity contribution in [1.82, 2.24) is 13.5 Å². The molecule has 1 rings (SSSR count). The molecule has 6 nitrogen and oxygen atoms in total. The fraction of sp³-hybridized carbons (Fsp3) is 1.00. The number of aliphatic hydroxyl groups excluding tert-OH is 1. The van der Waals surface area contributed by atoms with Gasteiger partial charge in [0.05, 0.1) is 6.61 Å². The van der Waals surface area contributed by atoms with E-state index in [-0.39, 0.29) is 12.6 Å². The molecule has 0 aliphatic carbocycles. The lowest BCUT2D eigenvalue weighted by Crippen LogP contribution is -2.46. The van der Waals surface area contributed by atoms with Crippen LogP contribution in [0.4, 0.5) is 0 Å². The zero-order chi connectivity index (χ0) is 13.8. The molecular weight excluding hydrogens is 254 g/mol. The third-order valence-electron chi connectivity index (χ3n) is 3.38. The summed E-state index contributed by atoms with van der Waals surface area (Å²) in [5.41, 5.74) is 0. The third-order valence-corrected chi connectivity index (χ3v) is 5.55. The average Bonchev–Trinajstić information content (AvgIpc) is 2.54. The molecule has 0 spiro atoms. The predicted molar refractivity (Wildman–Crippen MR) is 71.5 cm³/mol. The fourth-order valence-corrected chi connectivity index (χ4v) is 3.56. The normalized spacial score (nSPS) is 20.6. The molecule has 1 saturated heterocycles. The first-order valence-electron chi connectivity index (χ1n) is 6.46. The minimum atomic E-state index is -3.35. The van der Waals surface area contributed by atoms with Crippen LogP contribution in [-0.4, -0.2) is 79.5 Å². The van der Waals surface area contributed by atoms with Gasteiger partial charge >= 0.3 is 0 Å². The number of rotatable bonds is 5. The quantitative estimate of drug-likeness (QED) is 0.742. The van der Waals surface area contributed by atoms with Gasteiger partial charge in [0.1, 0.15) is 0 Å². The van der Waals surface area contributed by atoms with Gasteiger partial charge in [-0.1, -0.05) is 0 Å². The molecule has 18 heavy (non-hydrogen) atoms. The minimum absolute atomic E-state index is 0.0354. The molecule has 108 valence electrons. The summed E-state index contributed by atoms with van der Waals surface area (Å²) in [6.45, 7) is 7.07. The molecular formula is C11H25N3O3S. The number of aliphatic hydroxyl groups is 1. The molecule has 0 bridgehead atoms. The van der Waals surface area contributed by atoms with E-state index in [1.165, 1.54) is 4.31 Å². The van der Waals surface area contributed by atoms with Crippen LogP contribution in [0.3, 0.4) is 0 Å². The third kappa shape index (κ3) is 3.89. The second-order valence-electron chi connectivity index (χ2n) is 4.94. The number of nitrogens with zero attached hydrogens (tertiary/aromatic N) is 3. The first kappa shape index (κ1) is 15.8. The lowest BCUT2D eigenvalue weighted by molar-refractivity contribution is 0.201. The number of hydrogen-bond acceptors (Lipinski definition) is 4. The molecule has 1 N–H and O–H groups in total. The fourth-order valence-electron chi connectivity index (χ4n) is 1.99. The Morgan fingerprint density at radius 3 is 2.44 bits per heavy atom. The van der Waals surface area contributed by atoms with Crippen molar-refractivity contribution in [3.63, 3.8) is 0 Å². The van der Waals surface area contributed by atoms with Crippen molar-refractivity contribution in [3.8, 4) is 0 Å².